The molecular weight excluding hydrogens is 250 g/mol. The van der Waals surface area contributed by atoms with E-state index in [9.17, 15) is 0 Å². The summed E-state index contributed by atoms with van der Waals surface area (Å²) >= 11 is 0. The average Bonchev–Trinajstić information content (AvgIpc) is 2.38. The summed E-state index contributed by atoms with van der Waals surface area (Å²) in [5.74, 6) is 1.76. The van der Waals surface area contributed by atoms with E-state index in [0.717, 1.165) is 22.3 Å². The Kier molecular flexibility index (Phi) is 2.95. The number of nitrogens with zero attached hydrogens (tertiary/aromatic N) is 3. The lowest BCUT2D eigenvalue weighted by atomic mass is 10.1. The van der Waals surface area contributed by atoms with Crippen molar-refractivity contribution in [3.05, 3.63) is 47.9 Å². The number of nitrogens with two attached hydrogens (primary N) is 1. The summed E-state index contributed by atoms with van der Waals surface area (Å²) in [6.07, 6.45) is 0. The fourth-order valence-corrected chi connectivity index (χ4v) is 2.14. The third kappa shape index (κ3) is 2.38. The van der Waals surface area contributed by atoms with Gasteiger partial charge in [-0.15, -0.1) is 0 Å². The summed E-state index contributed by atoms with van der Waals surface area (Å²) < 4.78 is 0. The van der Waals surface area contributed by atoms with Gasteiger partial charge in [0.25, 0.3) is 0 Å². The van der Waals surface area contributed by atoms with Crippen molar-refractivity contribution in [2.45, 2.75) is 13.8 Å². The summed E-state index contributed by atoms with van der Waals surface area (Å²) in [7, 11) is 0. The van der Waals surface area contributed by atoms with Gasteiger partial charge in [-0.1, -0.05) is 18.2 Å². The standard InChI is InChI=1S/C15H15N5/c1-9-6-7-11-4-3-5-12(15(11)17-9)20-14-8-13(16)18-10(2)19-14/h3-8H,1-2H3,(H3,16,18,19,20). The van der Waals surface area contributed by atoms with Gasteiger partial charge >= 0.3 is 0 Å². The number of fused-ring (bicyclic) bond motifs is 1. The molecule has 100 valence electrons. The zero-order valence-electron chi connectivity index (χ0n) is 11.4. The van der Waals surface area contributed by atoms with Crippen LogP contribution in [0.25, 0.3) is 10.9 Å². The number of para-hydroxylation sites is 1. The first-order chi connectivity index (χ1) is 9.61. The fourth-order valence-electron chi connectivity index (χ4n) is 2.14. The molecule has 0 aliphatic heterocycles. The molecule has 3 N–H and O–H groups in total. The molecule has 5 nitrogen and oxygen atoms in total. The third-order valence-corrected chi connectivity index (χ3v) is 2.98. The number of pyridine rings is 1. The molecule has 0 amide bonds. The predicted molar refractivity (Wildman–Crippen MR) is 80.9 cm³/mol. The van der Waals surface area contributed by atoms with Crippen LogP contribution >= 0.6 is 0 Å². The van der Waals surface area contributed by atoms with E-state index < -0.39 is 0 Å². The Morgan fingerprint density at radius 3 is 2.65 bits per heavy atom. The van der Waals surface area contributed by atoms with Gasteiger partial charge in [0.15, 0.2) is 0 Å². The molecule has 0 atom stereocenters. The van der Waals surface area contributed by atoms with Gasteiger partial charge in [0.2, 0.25) is 0 Å². The largest absolute Gasteiger partial charge is 0.384 e. The van der Waals surface area contributed by atoms with Crippen molar-refractivity contribution < 1.29 is 0 Å². The Balaban J connectivity index is 2.08. The molecule has 0 saturated heterocycles. The zero-order valence-corrected chi connectivity index (χ0v) is 11.4. The van der Waals surface area contributed by atoms with Crippen LogP contribution in [-0.4, -0.2) is 15.0 Å². The predicted octanol–water partition coefficient (Wildman–Crippen LogP) is 2.97. The lowest BCUT2D eigenvalue weighted by Crippen LogP contribution is -2.01. The molecule has 0 fully saturated rings. The van der Waals surface area contributed by atoms with Crippen molar-refractivity contribution in [2.24, 2.45) is 0 Å². The second kappa shape index (κ2) is 4.77. The van der Waals surface area contributed by atoms with E-state index in [0.29, 0.717) is 17.5 Å². The minimum absolute atomic E-state index is 0.448. The third-order valence-electron chi connectivity index (χ3n) is 2.98. The summed E-state index contributed by atoms with van der Waals surface area (Å²) in [6.45, 7) is 3.79. The molecule has 0 saturated carbocycles. The van der Waals surface area contributed by atoms with Gasteiger partial charge in [0.05, 0.1) is 11.2 Å². The number of hydrogen-bond acceptors (Lipinski definition) is 5. The molecule has 0 spiro atoms. The van der Waals surface area contributed by atoms with Gasteiger partial charge in [0.1, 0.15) is 17.5 Å². The number of hydrogen-bond donors (Lipinski definition) is 2. The first kappa shape index (κ1) is 12.3. The van der Waals surface area contributed by atoms with Crippen molar-refractivity contribution >= 4 is 28.2 Å². The molecule has 1 aromatic carbocycles. The van der Waals surface area contributed by atoms with Crippen LogP contribution in [0.3, 0.4) is 0 Å². The Hall–Kier alpha value is -2.69. The maximum atomic E-state index is 5.74. The number of anilines is 3. The van der Waals surface area contributed by atoms with Gasteiger partial charge in [-0.05, 0) is 26.0 Å². The molecule has 20 heavy (non-hydrogen) atoms. The summed E-state index contributed by atoms with van der Waals surface area (Å²) in [4.78, 5) is 13.0. The minimum atomic E-state index is 0.448. The zero-order chi connectivity index (χ0) is 14.1. The summed E-state index contributed by atoms with van der Waals surface area (Å²) in [5, 5.41) is 4.34. The van der Waals surface area contributed by atoms with E-state index in [1.54, 1.807) is 6.07 Å². The second-order valence-corrected chi connectivity index (χ2v) is 4.68. The number of rotatable bonds is 2. The molecular formula is C15H15N5. The average molecular weight is 265 g/mol. The van der Waals surface area contributed by atoms with E-state index in [-0.39, 0.29) is 0 Å². The smallest absolute Gasteiger partial charge is 0.136 e. The van der Waals surface area contributed by atoms with Crippen LogP contribution in [0.2, 0.25) is 0 Å². The first-order valence-electron chi connectivity index (χ1n) is 6.36. The number of aromatic nitrogens is 3. The first-order valence-corrected chi connectivity index (χ1v) is 6.36. The van der Waals surface area contributed by atoms with E-state index in [2.05, 4.69) is 26.3 Å². The van der Waals surface area contributed by atoms with Crippen LogP contribution < -0.4 is 11.1 Å². The van der Waals surface area contributed by atoms with Crippen molar-refractivity contribution in [1.29, 1.82) is 0 Å². The molecule has 3 aromatic rings. The van der Waals surface area contributed by atoms with Gasteiger partial charge in [-0.2, -0.15) is 0 Å². The molecule has 2 heterocycles. The van der Waals surface area contributed by atoms with Gasteiger partial charge in [-0.3, -0.25) is 4.98 Å². The van der Waals surface area contributed by atoms with E-state index in [4.69, 9.17) is 5.73 Å². The summed E-state index contributed by atoms with van der Waals surface area (Å²) in [5.41, 5.74) is 8.55. The molecule has 0 bridgehead atoms. The van der Waals surface area contributed by atoms with Gasteiger partial charge in [0, 0.05) is 17.1 Å². The molecule has 0 aliphatic rings. The highest BCUT2D eigenvalue weighted by molar-refractivity contribution is 5.92. The van der Waals surface area contributed by atoms with Crippen LogP contribution in [0.15, 0.2) is 36.4 Å². The van der Waals surface area contributed by atoms with Crippen molar-refractivity contribution in [1.82, 2.24) is 15.0 Å². The van der Waals surface area contributed by atoms with Crippen LogP contribution in [0.5, 0.6) is 0 Å². The normalized spacial score (nSPS) is 10.7. The molecule has 3 rings (SSSR count). The topological polar surface area (TPSA) is 76.7 Å². The van der Waals surface area contributed by atoms with Crippen molar-refractivity contribution in [3.63, 3.8) is 0 Å². The van der Waals surface area contributed by atoms with Crippen LogP contribution in [0.4, 0.5) is 17.3 Å². The number of benzene rings is 1. The SMILES string of the molecule is Cc1ccc2cccc(Nc3cc(N)nc(C)n3)c2n1. The second-order valence-electron chi connectivity index (χ2n) is 4.68. The highest BCUT2D eigenvalue weighted by Crippen LogP contribution is 2.24. The lowest BCUT2D eigenvalue weighted by molar-refractivity contribution is 1.06. The maximum Gasteiger partial charge on any atom is 0.136 e. The molecule has 0 radical (unpaired) electrons. The van der Waals surface area contributed by atoms with E-state index >= 15 is 0 Å². The quantitative estimate of drug-likeness (QED) is 0.745. The van der Waals surface area contributed by atoms with Gasteiger partial charge < -0.3 is 11.1 Å². The Bertz CT molecular complexity index is 762. The van der Waals surface area contributed by atoms with Crippen LogP contribution in [-0.2, 0) is 0 Å². The van der Waals surface area contributed by atoms with E-state index in [1.807, 2.05) is 38.1 Å². The number of nitrogen functional groups attached to an aromatic ring is 1. The molecule has 2 aromatic heterocycles. The van der Waals surface area contributed by atoms with Crippen LogP contribution in [0, 0.1) is 13.8 Å². The summed E-state index contributed by atoms with van der Waals surface area (Å²) in [6, 6.07) is 11.8. The fraction of sp³-hybridized carbons (Fsp3) is 0.133. The minimum Gasteiger partial charge on any atom is -0.384 e. The van der Waals surface area contributed by atoms with E-state index in [1.165, 1.54) is 0 Å². The number of nitrogens with one attached hydrogen (secondary N) is 1. The highest BCUT2D eigenvalue weighted by atomic mass is 15.1. The van der Waals surface area contributed by atoms with Gasteiger partial charge in [-0.25, -0.2) is 9.97 Å². The van der Waals surface area contributed by atoms with Crippen molar-refractivity contribution in [2.75, 3.05) is 11.1 Å². The Labute approximate surface area is 116 Å². The number of aryl methyl sites for hydroxylation is 2. The Morgan fingerprint density at radius 2 is 1.85 bits per heavy atom. The Morgan fingerprint density at radius 1 is 1.00 bits per heavy atom. The monoisotopic (exact) mass is 265 g/mol. The van der Waals surface area contributed by atoms with Crippen LogP contribution in [0.1, 0.15) is 11.5 Å². The van der Waals surface area contributed by atoms with Crippen molar-refractivity contribution in [3.8, 4) is 0 Å². The maximum absolute atomic E-state index is 5.74. The molecule has 0 aliphatic carbocycles. The highest BCUT2D eigenvalue weighted by Gasteiger charge is 2.05. The molecule has 5 heteroatoms. The lowest BCUT2D eigenvalue weighted by Gasteiger charge is -2.10. The molecule has 0 unspecified atom stereocenters.